The summed E-state index contributed by atoms with van der Waals surface area (Å²) >= 11 is 6.06. The van der Waals surface area contributed by atoms with Crippen molar-refractivity contribution in [1.29, 1.82) is 0 Å². The van der Waals surface area contributed by atoms with E-state index >= 15 is 0 Å². The predicted octanol–water partition coefficient (Wildman–Crippen LogP) is 4.08. The van der Waals surface area contributed by atoms with E-state index in [0.717, 1.165) is 29.5 Å². The highest BCUT2D eigenvalue weighted by molar-refractivity contribution is 6.31. The molecule has 3 heteroatoms. The standard InChI is InChI=1S/C15H21ClN2/c16-12-5-6-13(17)14(9-12)18-10-15(11-18)7-3-1-2-4-8-15/h5-6,9H,1-4,7-8,10-11,17H2. The highest BCUT2D eigenvalue weighted by Crippen LogP contribution is 2.46. The quantitative estimate of drug-likeness (QED) is 0.775. The minimum Gasteiger partial charge on any atom is -0.397 e. The van der Waals surface area contributed by atoms with Gasteiger partial charge in [-0.2, -0.15) is 0 Å². The molecule has 3 rings (SSSR count). The van der Waals surface area contributed by atoms with Gasteiger partial charge in [-0.1, -0.05) is 37.3 Å². The summed E-state index contributed by atoms with van der Waals surface area (Å²) in [6, 6.07) is 5.78. The van der Waals surface area contributed by atoms with Crippen LogP contribution in [0.1, 0.15) is 38.5 Å². The van der Waals surface area contributed by atoms with Crippen LogP contribution in [0.25, 0.3) is 0 Å². The third-order valence-corrected chi connectivity index (χ3v) is 4.79. The van der Waals surface area contributed by atoms with E-state index in [1.807, 2.05) is 18.2 Å². The van der Waals surface area contributed by atoms with Crippen molar-refractivity contribution in [2.45, 2.75) is 38.5 Å². The summed E-state index contributed by atoms with van der Waals surface area (Å²) in [4.78, 5) is 2.40. The lowest BCUT2D eigenvalue weighted by molar-refractivity contribution is 0.181. The van der Waals surface area contributed by atoms with Crippen molar-refractivity contribution in [3.05, 3.63) is 23.2 Å². The molecule has 2 nitrogen and oxygen atoms in total. The van der Waals surface area contributed by atoms with Gasteiger partial charge in [0, 0.05) is 23.5 Å². The number of nitrogens with zero attached hydrogens (tertiary/aromatic N) is 1. The first-order valence-electron chi connectivity index (χ1n) is 6.99. The summed E-state index contributed by atoms with van der Waals surface area (Å²) in [5, 5.41) is 0.779. The molecular weight excluding hydrogens is 244 g/mol. The zero-order chi connectivity index (χ0) is 12.6. The largest absolute Gasteiger partial charge is 0.397 e. The number of halogens is 1. The molecule has 0 radical (unpaired) electrons. The summed E-state index contributed by atoms with van der Waals surface area (Å²) in [5.41, 5.74) is 8.60. The Kier molecular flexibility index (Phi) is 3.14. The highest BCUT2D eigenvalue weighted by Gasteiger charge is 2.43. The first kappa shape index (κ1) is 12.2. The maximum absolute atomic E-state index is 6.06. The number of hydrogen-bond acceptors (Lipinski definition) is 2. The van der Waals surface area contributed by atoms with Crippen molar-refractivity contribution in [3.8, 4) is 0 Å². The van der Waals surface area contributed by atoms with E-state index in [2.05, 4.69) is 4.90 Å². The van der Waals surface area contributed by atoms with Gasteiger partial charge in [-0.05, 0) is 31.0 Å². The van der Waals surface area contributed by atoms with Gasteiger partial charge in [0.1, 0.15) is 0 Å². The van der Waals surface area contributed by atoms with Crippen LogP contribution in [0.15, 0.2) is 18.2 Å². The molecule has 0 atom stereocenters. The second kappa shape index (κ2) is 4.65. The molecule has 1 aliphatic carbocycles. The van der Waals surface area contributed by atoms with Crippen LogP contribution < -0.4 is 10.6 Å². The van der Waals surface area contributed by atoms with Crippen LogP contribution in [0, 0.1) is 5.41 Å². The molecule has 98 valence electrons. The number of nitrogen functional groups attached to an aromatic ring is 1. The number of nitrogens with two attached hydrogens (primary N) is 1. The molecule has 1 saturated carbocycles. The molecule has 1 heterocycles. The van der Waals surface area contributed by atoms with Crippen LogP contribution in [0.2, 0.25) is 5.02 Å². The van der Waals surface area contributed by atoms with Gasteiger partial charge in [-0.3, -0.25) is 0 Å². The number of hydrogen-bond donors (Lipinski definition) is 1. The fourth-order valence-electron chi connectivity index (χ4n) is 3.52. The molecule has 1 aromatic rings. The Bertz CT molecular complexity index is 428. The monoisotopic (exact) mass is 264 g/mol. The van der Waals surface area contributed by atoms with E-state index in [9.17, 15) is 0 Å². The molecule has 1 aromatic carbocycles. The fourth-order valence-corrected chi connectivity index (χ4v) is 3.69. The Morgan fingerprint density at radius 3 is 2.39 bits per heavy atom. The Hall–Kier alpha value is -0.890. The molecule has 1 spiro atoms. The van der Waals surface area contributed by atoms with Crippen LogP contribution in [-0.4, -0.2) is 13.1 Å². The topological polar surface area (TPSA) is 29.3 Å². The van der Waals surface area contributed by atoms with Crippen LogP contribution in [0.5, 0.6) is 0 Å². The van der Waals surface area contributed by atoms with Gasteiger partial charge < -0.3 is 10.6 Å². The van der Waals surface area contributed by atoms with Gasteiger partial charge in [-0.15, -0.1) is 0 Å². The molecule has 1 saturated heterocycles. The predicted molar refractivity (Wildman–Crippen MR) is 78.2 cm³/mol. The minimum atomic E-state index is 0.575. The summed E-state index contributed by atoms with van der Waals surface area (Å²) in [6.45, 7) is 2.33. The highest BCUT2D eigenvalue weighted by atomic mass is 35.5. The van der Waals surface area contributed by atoms with Crippen molar-refractivity contribution in [3.63, 3.8) is 0 Å². The van der Waals surface area contributed by atoms with Crippen LogP contribution in [0.3, 0.4) is 0 Å². The van der Waals surface area contributed by atoms with E-state index in [1.54, 1.807) is 0 Å². The Morgan fingerprint density at radius 1 is 1.06 bits per heavy atom. The SMILES string of the molecule is Nc1ccc(Cl)cc1N1CC2(CCCCCC2)C1. The lowest BCUT2D eigenvalue weighted by atomic mass is 9.73. The van der Waals surface area contributed by atoms with Crippen molar-refractivity contribution in [2.75, 3.05) is 23.7 Å². The summed E-state index contributed by atoms with van der Waals surface area (Å²) < 4.78 is 0. The molecule has 0 aromatic heterocycles. The third kappa shape index (κ3) is 2.18. The van der Waals surface area contributed by atoms with Crippen LogP contribution >= 0.6 is 11.6 Å². The van der Waals surface area contributed by atoms with Gasteiger partial charge >= 0.3 is 0 Å². The molecule has 0 unspecified atom stereocenters. The normalized spacial score (nSPS) is 22.6. The van der Waals surface area contributed by atoms with E-state index in [4.69, 9.17) is 17.3 Å². The maximum atomic E-state index is 6.06. The fraction of sp³-hybridized carbons (Fsp3) is 0.600. The van der Waals surface area contributed by atoms with E-state index < -0.39 is 0 Å². The summed E-state index contributed by atoms with van der Waals surface area (Å²) in [5.74, 6) is 0. The van der Waals surface area contributed by atoms with E-state index in [0.29, 0.717) is 5.41 Å². The second-order valence-electron chi connectivity index (χ2n) is 5.97. The van der Waals surface area contributed by atoms with Gasteiger partial charge in [-0.25, -0.2) is 0 Å². The van der Waals surface area contributed by atoms with Crippen molar-refractivity contribution in [2.24, 2.45) is 5.41 Å². The lowest BCUT2D eigenvalue weighted by Gasteiger charge is -2.52. The van der Waals surface area contributed by atoms with Gasteiger partial charge in [0.25, 0.3) is 0 Å². The Labute approximate surface area is 114 Å². The maximum Gasteiger partial charge on any atom is 0.0615 e. The van der Waals surface area contributed by atoms with Crippen LogP contribution in [-0.2, 0) is 0 Å². The zero-order valence-corrected chi connectivity index (χ0v) is 11.5. The molecule has 18 heavy (non-hydrogen) atoms. The smallest absolute Gasteiger partial charge is 0.0615 e. The van der Waals surface area contributed by atoms with Crippen LogP contribution in [0.4, 0.5) is 11.4 Å². The summed E-state index contributed by atoms with van der Waals surface area (Å²) in [6.07, 6.45) is 8.42. The van der Waals surface area contributed by atoms with Crippen molar-refractivity contribution >= 4 is 23.0 Å². The Morgan fingerprint density at radius 2 is 1.72 bits per heavy atom. The molecule has 1 aliphatic heterocycles. The molecule has 0 amide bonds. The van der Waals surface area contributed by atoms with Crippen molar-refractivity contribution < 1.29 is 0 Å². The minimum absolute atomic E-state index is 0.575. The number of rotatable bonds is 1. The summed E-state index contributed by atoms with van der Waals surface area (Å²) in [7, 11) is 0. The van der Waals surface area contributed by atoms with Gasteiger partial charge in [0.15, 0.2) is 0 Å². The zero-order valence-electron chi connectivity index (χ0n) is 10.8. The number of benzene rings is 1. The van der Waals surface area contributed by atoms with E-state index in [1.165, 1.54) is 38.5 Å². The lowest BCUT2D eigenvalue weighted by Crippen LogP contribution is -2.56. The number of anilines is 2. The first-order valence-corrected chi connectivity index (χ1v) is 7.36. The molecular formula is C15H21ClN2. The average molecular weight is 265 g/mol. The second-order valence-corrected chi connectivity index (χ2v) is 6.41. The average Bonchev–Trinajstić information content (AvgIpc) is 2.56. The third-order valence-electron chi connectivity index (χ3n) is 4.55. The van der Waals surface area contributed by atoms with Gasteiger partial charge in [0.05, 0.1) is 11.4 Å². The first-order chi connectivity index (χ1) is 8.69. The molecule has 2 aliphatic rings. The molecule has 2 N–H and O–H groups in total. The van der Waals surface area contributed by atoms with Gasteiger partial charge in [0.2, 0.25) is 0 Å². The molecule has 2 fully saturated rings. The van der Waals surface area contributed by atoms with Crippen molar-refractivity contribution in [1.82, 2.24) is 0 Å². The van der Waals surface area contributed by atoms with E-state index in [-0.39, 0.29) is 0 Å². The Balaban J connectivity index is 1.72. The molecule has 0 bridgehead atoms.